The second-order valence-corrected chi connectivity index (χ2v) is 17.5. The second-order valence-electron chi connectivity index (χ2n) is 16.4. The minimum absolute atomic E-state index is 0.00166. The minimum atomic E-state index is -1.09. The van der Waals surface area contributed by atoms with Crippen LogP contribution in [0.15, 0.2) is 90.5 Å². The van der Waals surface area contributed by atoms with Gasteiger partial charge < -0.3 is 24.8 Å². The van der Waals surface area contributed by atoms with Crippen molar-refractivity contribution in [2.24, 2.45) is 5.41 Å². The number of ether oxygens (including phenoxy) is 2. The Morgan fingerprint density at radius 2 is 1.85 bits per heavy atom. The molecular formula is C46H57NO6S. The first-order valence-electron chi connectivity index (χ1n) is 20.0. The van der Waals surface area contributed by atoms with Crippen molar-refractivity contribution in [1.29, 1.82) is 0 Å². The Hall–Kier alpha value is -3.21. The van der Waals surface area contributed by atoms with Gasteiger partial charge in [0.2, 0.25) is 5.78 Å². The molecule has 2 heterocycles. The highest BCUT2D eigenvalue weighted by atomic mass is 32.1. The average Bonchev–Trinajstić information content (AvgIpc) is 3.89. The van der Waals surface area contributed by atoms with Gasteiger partial charge in [-0.3, -0.25) is 9.69 Å². The van der Waals surface area contributed by atoms with Crippen molar-refractivity contribution in [1.82, 2.24) is 4.90 Å². The van der Waals surface area contributed by atoms with E-state index in [1.54, 1.807) is 0 Å². The number of aliphatic hydroxyl groups is 3. The topological polar surface area (TPSA) is 99.5 Å². The molecule has 3 N–H and O–H groups in total. The van der Waals surface area contributed by atoms with E-state index in [0.29, 0.717) is 55.9 Å². The molecule has 1 aliphatic heterocycles. The lowest BCUT2D eigenvalue weighted by molar-refractivity contribution is -0.0961. The summed E-state index contributed by atoms with van der Waals surface area (Å²) in [5.74, 6) is -0.0723. The third-order valence-corrected chi connectivity index (χ3v) is 13.5. The number of ketones is 1. The third-order valence-electron chi connectivity index (χ3n) is 12.4. The Morgan fingerprint density at radius 3 is 2.65 bits per heavy atom. The molecule has 6 atom stereocenters. The van der Waals surface area contributed by atoms with Gasteiger partial charge in [-0.15, -0.1) is 11.3 Å². The van der Waals surface area contributed by atoms with Crippen LogP contribution in [0, 0.1) is 5.41 Å². The molecule has 7 nitrogen and oxygen atoms in total. The third kappa shape index (κ3) is 8.92. The van der Waals surface area contributed by atoms with Crippen molar-refractivity contribution < 1.29 is 29.6 Å². The van der Waals surface area contributed by atoms with E-state index in [1.807, 2.05) is 60.7 Å². The fourth-order valence-corrected chi connectivity index (χ4v) is 10.3. The standard InChI is InChI=1S/C46H57NO6S/c1-32-10-8-21-45(2)41(39-19-17-34(24-36(48)18-16-32)25-40(39)44(50)43-26-35-13-6-7-15-42(35)54-43)20-22-46(45,51)31-47(28-38-14-9-23-53-38)27-37(49)30-52-29-33-11-4-3-5-12-33/h3-7,10-13,15,17,19,25-26,36-38,41,48-49,51H,8-9,14,16,18,20-24,27-31H2,1-2H3/t36-,37+,38+,41-,45-,46+/m0/s1. The van der Waals surface area contributed by atoms with E-state index in [2.05, 4.69) is 43.0 Å². The number of hydrogen-bond donors (Lipinski definition) is 3. The minimum Gasteiger partial charge on any atom is -0.393 e. The molecule has 0 unspecified atom stereocenters. The predicted molar refractivity (Wildman–Crippen MR) is 216 cm³/mol. The zero-order valence-electron chi connectivity index (χ0n) is 31.9. The van der Waals surface area contributed by atoms with Gasteiger partial charge in [0.15, 0.2) is 0 Å². The smallest absolute Gasteiger partial charge is 0.203 e. The molecule has 3 aromatic carbocycles. The van der Waals surface area contributed by atoms with Gasteiger partial charge in [-0.25, -0.2) is 0 Å². The van der Waals surface area contributed by atoms with E-state index >= 15 is 0 Å². The highest BCUT2D eigenvalue weighted by Crippen LogP contribution is 2.59. The van der Waals surface area contributed by atoms with Gasteiger partial charge in [-0.05, 0) is 111 Å². The first kappa shape index (κ1) is 39.0. The fourth-order valence-electron chi connectivity index (χ4n) is 9.31. The highest BCUT2D eigenvalue weighted by molar-refractivity contribution is 7.21. The van der Waals surface area contributed by atoms with Crippen LogP contribution in [0.3, 0.4) is 0 Å². The van der Waals surface area contributed by atoms with Gasteiger partial charge in [-0.1, -0.05) is 79.2 Å². The molecule has 1 saturated carbocycles. The van der Waals surface area contributed by atoms with Crippen LogP contribution in [0.1, 0.15) is 103 Å². The highest BCUT2D eigenvalue weighted by Gasteiger charge is 2.57. The summed E-state index contributed by atoms with van der Waals surface area (Å²) in [7, 11) is 0. The number of aliphatic hydroxyl groups excluding tert-OH is 2. The van der Waals surface area contributed by atoms with E-state index in [1.165, 1.54) is 16.9 Å². The molecule has 0 radical (unpaired) electrons. The SMILES string of the molecule is CC1=CCC[C@@]2(C)[C@@H](CC[C@@]2(O)CN(C[C@@H](O)COCc2ccccc2)C[C@H]2CCCO2)c2ccc(cc2C(=O)c2cc3ccccc3s2)C[C@@H](O)CC1. The van der Waals surface area contributed by atoms with Crippen molar-refractivity contribution in [2.45, 2.75) is 108 Å². The van der Waals surface area contributed by atoms with Gasteiger partial charge in [0.1, 0.15) is 0 Å². The van der Waals surface area contributed by atoms with Crippen LogP contribution in [0.4, 0.5) is 0 Å². The number of carbonyl (C=O) groups is 1. The second kappa shape index (κ2) is 17.3. The first-order chi connectivity index (χ1) is 26.1. The molecule has 8 heteroatoms. The van der Waals surface area contributed by atoms with Gasteiger partial charge in [0.05, 0.1) is 42.0 Å². The molecule has 8 rings (SSSR count). The molecule has 2 bridgehead atoms. The summed E-state index contributed by atoms with van der Waals surface area (Å²) in [6, 6.07) is 26.3. The van der Waals surface area contributed by atoms with Crippen molar-refractivity contribution in [2.75, 3.05) is 32.8 Å². The van der Waals surface area contributed by atoms with Gasteiger partial charge in [0.25, 0.3) is 0 Å². The number of nitrogens with zero attached hydrogens (tertiary/aromatic N) is 1. The number of fused-ring (bicyclic) bond motifs is 9. The molecule has 3 aliphatic carbocycles. The number of rotatable bonds is 12. The largest absolute Gasteiger partial charge is 0.393 e. The maximum atomic E-state index is 14.6. The molecule has 1 saturated heterocycles. The summed E-state index contributed by atoms with van der Waals surface area (Å²) in [6.07, 6.45) is 7.88. The van der Waals surface area contributed by atoms with Crippen LogP contribution >= 0.6 is 11.3 Å². The average molecular weight is 752 g/mol. The first-order valence-corrected chi connectivity index (χ1v) is 20.8. The molecule has 54 heavy (non-hydrogen) atoms. The van der Waals surface area contributed by atoms with Crippen molar-refractivity contribution in [3.63, 3.8) is 0 Å². The zero-order valence-corrected chi connectivity index (χ0v) is 32.7. The van der Waals surface area contributed by atoms with Gasteiger partial charge >= 0.3 is 0 Å². The lowest BCUT2D eigenvalue weighted by Crippen LogP contribution is -2.55. The monoisotopic (exact) mass is 751 g/mol. The number of carbonyl (C=O) groups excluding carboxylic acids is 1. The quantitative estimate of drug-likeness (QED) is 0.0992. The number of benzene rings is 3. The summed E-state index contributed by atoms with van der Waals surface area (Å²) in [5.41, 5.74) is 3.26. The normalized spacial score (nSPS) is 26.9. The van der Waals surface area contributed by atoms with Crippen molar-refractivity contribution in [3.05, 3.63) is 118 Å². The lowest BCUT2D eigenvalue weighted by atomic mass is 9.64. The Kier molecular flexibility index (Phi) is 12.5. The molecule has 2 fully saturated rings. The van der Waals surface area contributed by atoms with Crippen LogP contribution in [0.25, 0.3) is 10.1 Å². The van der Waals surface area contributed by atoms with Crippen LogP contribution in [0.2, 0.25) is 0 Å². The van der Waals surface area contributed by atoms with E-state index in [-0.39, 0.29) is 24.4 Å². The van der Waals surface area contributed by atoms with E-state index in [9.17, 15) is 20.1 Å². The maximum absolute atomic E-state index is 14.6. The summed E-state index contributed by atoms with van der Waals surface area (Å²) in [6.45, 7) is 7.12. The summed E-state index contributed by atoms with van der Waals surface area (Å²) < 4.78 is 13.1. The Bertz CT molecular complexity index is 1870. The Labute approximate surface area is 324 Å². The molecule has 4 aromatic rings. The van der Waals surface area contributed by atoms with Crippen molar-refractivity contribution in [3.8, 4) is 0 Å². The summed E-state index contributed by atoms with van der Waals surface area (Å²) >= 11 is 1.52. The zero-order chi connectivity index (χ0) is 37.7. The summed E-state index contributed by atoms with van der Waals surface area (Å²) in [4.78, 5) is 17.5. The van der Waals surface area contributed by atoms with Crippen LogP contribution in [0.5, 0.6) is 0 Å². The molecule has 288 valence electrons. The van der Waals surface area contributed by atoms with Gasteiger partial charge in [0, 0.05) is 41.9 Å². The Morgan fingerprint density at radius 1 is 1.04 bits per heavy atom. The van der Waals surface area contributed by atoms with E-state index in [0.717, 1.165) is 71.9 Å². The molecule has 0 spiro atoms. The Balaban J connectivity index is 1.20. The number of thiophene rings is 1. The van der Waals surface area contributed by atoms with E-state index in [4.69, 9.17) is 9.47 Å². The van der Waals surface area contributed by atoms with Crippen LogP contribution < -0.4 is 0 Å². The molecule has 4 aliphatic rings. The van der Waals surface area contributed by atoms with Gasteiger partial charge in [-0.2, -0.15) is 0 Å². The lowest BCUT2D eigenvalue weighted by Gasteiger charge is -2.46. The van der Waals surface area contributed by atoms with Crippen LogP contribution in [-0.4, -0.2) is 82.8 Å². The number of allylic oxidation sites excluding steroid dienone is 2. The summed E-state index contributed by atoms with van der Waals surface area (Å²) in [5, 5.41) is 36.5. The molecular weight excluding hydrogens is 695 g/mol. The fraction of sp³-hybridized carbons (Fsp3) is 0.500. The maximum Gasteiger partial charge on any atom is 0.203 e. The number of hydrogen-bond acceptors (Lipinski definition) is 8. The molecule has 0 amide bonds. The molecule has 1 aromatic heterocycles. The van der Waals surface area contributed by atoms with Crippen molar-refractivity contribution >= 4 is 27.2 Å². The predicted octanol–water partition coefficient (Wildman–Crippen LogP) is 8.23. The van der Waals surface area contributed by atoms with Crippen LogP contribution in [-0.2, 0) is 22.5 Å². The van der Waals surface area contributed by atoms with E-state index < -0.39 is 23.2 Å².